The van der Waals surface area contributed by atoms with Crippen LogP contribution in [0.25, 0.3) is 0 Å². The monoisotopic (exact) mass is 233 g/mol. The minimum absolute atomic E-state index is 0.0413. The van der Waals surface area contributed by atoms with Gasteiger partial charge >= 0.3 is 0 Å². The molecule has 1 aliphatic carbocycles. The van der Waals surface area contributed by atoms with Crippen LogP contribution in [0.5, 0.6) is 0 Å². The Kier molecular flexibility index (Phi) is 3.64. The molecule has 4 nitrogen and oxygen atoms in total. The minimum atomic E-state index is 0.0413. The van der Waals surface area contributed by atoms with Gasteiger partial charge in [0.1, 0.15) is 0 Å². The molecule has 2 rings (SSSR count). The normalized spacial score (nSPS) is 23.6. The van der Waals surface area contributed by atoms with Crippen molar-refractivity contribution in [3.8, 4) is 0 Å². The van der Waals surface area contributed by atoms with Gasteiger partial charge in [-0.15, -0.1) is 0 Å². The third kappa shape index (κ3) is 2.58. The first kappa shape index (κ1) is 11.9. The second-order valence-corrected chi connectivity index (χ2v) is 4.61. The van der Waals surface area contributed by atoms with Crippen molar-refractivity contribution in [2.75, 3.05) is 17.6 Å². The van der Waals surface area contributed by atoms with Crippen LogP contribution < -0.4 is 16.8 Å². The standard InChI is InChI=1S/C13H19N3O/c14-8-9-4-3-5-10(9)13(17)16-12-7-2-1-6-11(12)15/h1-2,6-7,9-10H,3-5,8,14-15H2,(H,16,17)/t9-,10-/m1/s1. The molecule has 92 valence electrons. The molecule has 0 bridgehead atoms. The van der Waals surface area contributed by atoms with E-state index in [2.05, 4.69) is 5.32 Å². The molecule has 0 spiro atoms. The van der Waals surface area contributed by atoms with E-state index in [4.69, 9.17) is 11.5 Å². The van der Waals surface area contributed by atoms with Crippen molar-refractivity contribution in [1.29, 1.82) is 0 Å². The van der Waals surface area contributed by atoms with Crippen molar-refractivity contribution in [2.45, 2.75) is 19.3 Å². The molecule has 0 aromatic heterocycles. The van der Waals surface area contributed by atoms with Crippen molar-refractivity contribution in [1.82, 2.24) is 0 Å². The van der Waals surface area contributed by atoms with Crippen LogP contribution >= 0.6 is 0 Å². The zero-order valence-corrected chi connectivity index (χ0v) is 9.86. The first-order valence-electron chi connectivity index (χ1n) is 6.08. The van der Waals surface area contributed by atoms with Crippen LogP contribution in [0.4, 0.5) is 11.4 Å². The van der Waals surface area contributed by atoms with Gasteiger partial charge in [-0.05, 0) is 37.4 Å². The van der Waals surface area contributed by atoms with Crippen molar-refractivity contribution >= 4 is 17.3 Å². The zero-order valence-electron chi connectivity index (χ0n) is 9.86. The van der Waals surface area contributed by atoms with Gasteiger partial charge in [-0.25, -0.2) is 0 Å². The summed E-state index contributed by atoms with van der Waals surface area (Å²) in [7, 11) is 0. The fourth-order valence-electron chi connectivity index (χ4n) is 2.50. The van der Waals surface area contributed by atoms with Crippen molar-refractivity contribution in [2.24, 2.45) is 17.6 Å². The summed E-state index contributed by atoms with van der Waals surface area (Å²) >= 11 is 0. The van der Waals surface area contributed by atoms with Gasteiger partial charge in [-0.3, -0.25) is 4.79 Å². The average molecular weight is 233 g/mol. The Morgan fingerprint density at radius 2 is 2.12 bits per heavy atom. The van der Waals surface area contributed by atoms with Crippen LogP contribution in [0.15, 0.2) is 24.3 Å². The topological polar surface area (TPSA) is 81.1 Å². The highest BCUT2D eigenvalue weighted by molar-refractivity contribution is 5.95. The summed E-state index contributed by atoms with van der Waals surface area (Å²) in [6.45, 7) is 0.586. The van der Waals surface area contributed by atoms with E-state index in [0.29, 0.717) is 23.8 Å². The largest absolute Gasteiger partial charge is 0.397 e. The Morgan fingerprint density at radius 1 is 1.35 bits per heavy atom. The van der Waals surface area contributed by atoms with Crippen molar-refractivity contribution in [3.05, 3.63) is 24.3 Å². The van der Waals surface area contributed by atoms with E-state index in [9.17, 15) is 4.79 Å². The highest BCUT2D eigenvalue weighted by atomic mass is 16.1. The fraction of sp³-hybridized carbons (Fsp3) is 0.462. The average Bonchev–Trinajstić information content (AvgIpc) is 2.80. The minimum Gasteiger partial charge on any atom is -0.397 e. The lowest BCUT2D eigenvalue weighted by molar-refractivity contribution is -0.120. The molecule has 4 heteroatoms. The molecule has 0 heterocycles. The summed E-state index contributed by atoms with van der Waals surface area (Å²) in [5.41, 5.74) is 12.8. The molecule has 0 aliphatic heterocycles. The molecule has 17 heavy (non-hydrogen) atoms. The number of nitrogens with one attached hydrogen (secondary N) is 1. The number of carbonyl (C=O) groups excluding carboxylic acids is 1. The smallest absolute Gasteiger partial charge is 0.227 e. The highest BCUT2D eigenvalue weighted by Gasteiger charge is 2.31. The van der Waals surface area contributed by atoms with E-state index in [1.807, 2.05) is 18.2 Å². The summed E-state index contributed by atoms with van der Waals surface area (Å²) in [5.74, 6) is 0.412. The predicted molar refractivity (Wildman–Crippen MR) is 69.4 cm³/mol. The summed E-state index contributed by atoms with van der Waals surface area (Å²) in [6.07, 6.45) is 3.07. The number of amides is 1. The molecule has 1 amide bonds. The highest BCUT2D eigenvalue weighted by Crippen LogP contribution is 2.32. The van der Waals surface area contributed by atoms with Gasteiger partial charge in [0.2, 0.25) is 5.91 Å². The second-order valence-electron chi connectivity index (χ2n) is 4.61. The molecular formula is C13H19N3O. The van der Waals surface area contributed by atoms with Crippen molar-refractivity contribution < 1.29 is 4.79 Å². The molecule has 1 aromatic carbocycles. The quantitative estimate of drug-likeness (QED) is 0.693. The summed E-state index contributed by atoms with van der Waals surface area (Å²) in [5, 5.41) is 2.90. The molecule has 1 saturated carbocycles. The Balaban J connectivity index is 2.04. The molecule has 0 saturated heterocycles. The van der Waals surface area contributed by atoms with E-state index in [-0.39, 0.29) is 11.8 Å². The van der Waals surface area contributed by atoms with Crippen LogP contribution in [0, 0.1) is 11.8 Å². The lowest BCUT2D eigenvalue weighted by Gasteiger charge is -2.18. The lowest BCUT2D eigenvalue weighted by atomic mass is 9.95. The Labute approximate surface area is 101 Å². The maximum Gasteiger partial charge on any atom is 0.227 e. The van der Waals surface area contributed by atoms with Gasteiger partial charge in [-0.2, -0.15) is 0 Å². The predicted octanol–water partition coefficient (Wildman–Crippen LogP) is 1.58. The van der Waals surface area contributed by atoms with E-state index in [1.165, 1.54) is 0 Å². The molecule has 2 atom stereocenters. The number of nitrogen functional groups attached to an aromatic ring is 1. The Hall–Kier alpha value is -1.55. The molecular weight excluding hydrogens is 214 g/mol. The van der Waals surface area contributed by atoms with Crippen LogP contribution in [0.1, 0.15) is 19.3 Å². The maximum atomic E-state index is 12.1. The summed E-state index contributed by atoms with van der Waals surface area (Å²) in [6, 6.07) is 7.31. The molecule has 0 radical (unpaired) electrons. The van der Waals surface area contributed by atoms with Crippen molar-refractivity contribution in [3.63, 3.8) is 0 Å². The molecule has 5 N–H and O–H groups in total. The zero-order chi connectivity index (χ0) is 12.3. The molecule has 1 fully saturated rings. The number of hydrogen-bond acceptors (Lipinski definition) is 3. The van der Waals surface area contributed by atoms with Crippen LogP contribution in [-0.2, 0) is 4.79 Å². The first-order valence-corrected chi connectivity index (χ1v) is 6.08. The number of hydrogen-bond donors (Lipinski definition) is 3. The van der Waals surface area contributed by atoms with Gasteiger partial charge < -0.3 is 16.8 Å². The lowest BCUT2D eigenvalue weighted by Crippen LogP contribution is -2.29. The van der Waals surface area contributed by atoms with Crippen LogP contribution in [0.2, 0.25) is 0 Å². The fourth-order valence-corrected chi connectivity index (χ4v) is 2.50. The third-order valence-corrected chi connectivity index (χ3v) is 3.52. The first-order chi connectivity index (χ1) is 8.22. The third-order valence-electron chi connectivity index (χ3n) is 3.52. The van der Waals surface area contributed by atoms with Gasteiger partial charge in [0.25, 0.3) is 0 Å². The van der Waals surface area contributed by atoms with Crippen LogP contribution in [0.3, 0.4) is 0 Å². The van der Waals surface area contributed by atoms with E-state index in [1.54, 1.807) is 6.07 Å². The maximum absolute atomic E-state index is 12.1. The van der Waals surface area contributed by atoms with E-state index >= 15 is 0 Å². The van der Waals surface area contributed by atoms with Gasteiger partial charge in [-0.1, -0.05) is 18.6 Å². The summed E-state index contributed by atoms with van der Waals surface area (Å²) < 4.78 is 0. The second kappa shape index (κ2) is 5.19. The molecule has 1 aliphatic rings. The van der Waals surface area contributed by atoms with Crippen LogP contribution in [-0.4, -0.2) is 12.5 Å². The van der Waals surface area contributed by atoms with E-state index in [0.717, 1.165) is 19.3 Å². The number of benzene rings is 1. The molecule has 0 unspecified atom stereocenters. The SMILES string of the molecule is NC[C@H]1CCC[C@H]1C(=O)Nc1ccccc1N. The van der Waals surface area contributed by atoms with Gasteiger partial charge in [0.15, 0.2) is 0 Å². The van der Waals surface area contributed by atoms with Gasteiger partial charge in [0.05, 0.1) is 11.4 Å². The summed E-state index contributed by atoms with van der Waals surface area (Å²) in [4.78, 5) is 12.1. The number of carbonyl (C=O) groups is 1. The van der Waals surface area contributed by atoms with Gasteiger partial charge in [0, 0.05) is 5.92 Å². The number of nitrogens with two attached hydrogens (primary N) is 2. The number of rotatable bonds is 3. The number of para-hydroxylation sites is 2. The molecule has 1 aromatic rings. The van der Waals surface area contributed by atoms with E-state index < -0.39 is 0 Å². The Bertz CT molecular complexity index is 405. The number of anilines is 2. The Morgan fingerprint density at radius 3 is 2.82 bits per heavy atom.